The Hall–Kier alpha value is -1.54. The number of hydrogen-bond acceptors (Lipinski definition) is 4. The Bertz CT molecular complexity index is 638. The molecule has 0 aliphatic carbocycles. The van der Waals surface area contributed by atoms with E-state index in [1.54, 1.807) is 0 Å². The smallest absolute Gasteiger partial charge is 0.422 e. The van der Waals surface area contributed by atoms with Crippen LogP contribution >= 0.6 is 23.8 Å². The molecule has 0 aliphatic rings. The van der Waals surface area contributed by atoms with Gasteiger partial charge in [-0.15, -0.1) is 5.10 Å². The van der Waals surface area contributed by atoms with Gasteiger partial charge in [0.15, 0.2) is 6.61 Å². The molecule has 0 aliphatic heterocycles. The molecule has 2 aromatic rings. The van der Waals surface area contributed by atoms with Crippen LogP contribution in [0.3, 0.4) is 0 Å². The topological polar surface area (TPSA) is 51.0 Å². The van der Waals surface area contributed by atoms with E-state index >= 15 is 0 Å². The number of H-pyrrole nitrogens is 1. The fraction of sp³-hybridized carbons (Fsp3) is 0.200. The summed E-state index contributed by atoms with van der Waals surface area (Å²) in [5.74, 6) is 0.151. The van der Waals surface area contributed by atoms with Crippen molar-refractivity contribution in [3.63, 3.8) is 0 Å². The second-order valence-corrected chi connectivity index (χ2v) is 4.24. The van der Waals surface area contributed by atoms with E-state index in [0.717, 1.165) is 0 Å². The monoisotopic (exact) mass is 310 g/mol. The quantitative estimate of drug-likeness (QED) is 0.871. The van der Waals surface area contributed by atoms with E-state index in [-0.39, 0.29) is 21.5 Å². The lowest BCUT2D eigenvalue weighted by Crippen LogP contribution is -2.19. The molecule has 102 valence electrons. The van der Waals surface area contributed by atoms with Crippen molar-refractivity contribution in [3.05, 3.63) is 28.1 Å². The lowest BCUT2D eigenvalue weighted by Gasteiger charge is -2.09. The Balaban J connectivity index is 2.20. The van der Waals surface area contributed by atoms with Gasteiger partial charge in [0.2, 0.25) is 5.89 Å². The van der Waals surface area contributed by atoms with Crippen molar-refractivity contribution in [2.45, 2.75) is 6.18 Å². The highest BCUT2D eigenvalue weighted by molar-refractivity contribution is 7.71. The van der Waals surface area contributed by atoms with E-state index in [1.165, 1.54) is 18.2 Å². The maximum absolute atomic E-state index is 12.0. The summed E-state index contributed by atoms with van der Waals surface area (Å²) in [6.07, 6.45) is -4.40. The summed E-state index contributed by atoms with van der Waals surface area (Å²) in [4.78, 5) is 0.0727. The van der Waals surface area contributed by atoms with Crippen LogP contribution in [0, 0.1) is 4.84 Å². The number of benzene rings is 1. The highest BCUT2D eigenvalue weighted by Crippen LogP contribution is 2.30. The third-order valence-corrected chi connectivity index (χ3v) is 2.50. The molecule has 1 aromatic carbocycles. The van der Waals surface area contributed by atoms with Gasteiger partial charge in [-0.1, -0.05) is 11.6 Å². The minimum atomic E-state index is -4.40. The fourth-order valence-electron chi connectivity index (χ4n) is 1.27. The SMILES string of the molecule is FC(F)(F)COc1ccc(-c2n[nH]c(=S)o2)c(Cl)c1. The van der Waals surface area contributed by atoms with Gasteiger partial charge in [-0.3, -0.25) is 0 Å². The van der Waals surface area contributed by atoms with Crippen molar-refractivity contribution in [1.82, 2.24) is 10.2 Å². The summed E-state index contributed by atoms with van der Waals surface area (Å²) >= 11 is 10.6. The molecule has 0 radical (unpaired) electrons. The Morgan fingerprint density at radius 2 is 2.16 bits per heavy atom. The van der Waals surface area contributed by atoms with Crippen molar-refractivity contribution in [2.75, 3.05) is 6.61 Å². The van der Waals surface area contributed by atoms with Crippen LogP contribution in [0.25, 0.3) is 11.5 Å². The first-order valence-corrected chi connectivity index (χ1v) is 5.69. The van der Waals surface area contributed by atoms with Crippen molar-refractivity contribution < 1.29 is 22.3 Å². The molecule has 2 rings (SSSR count). The van der Waals surface area contributed by atoms with Crippen LogP contribution in [0.4, 0.5) is 13.2 Å². The predicted molar refractivity (Wildman–Crippen MR) is 63.7 cm³/mol. The van der Waals surface area contributed by atoms with E-state index in [4.69, 9.17) is 28.2 Å². The lowest BCUT2D eigenvalue weighted by molar-refractivity contribution is -0.153. The Kier molecular flexibility index (Phi) is 3.81. The fourth-order valence-corrected chi connectivity index (χ4v) is 1.65. The number of nitrogens with one attached hydrogen (secondary N) is 1. The van der Waals surface area contributed by atoms with Gasteiger partial charge in [0.05, 0.1) is 10.6 Å². The molecule has 0 spiro atoms. The largest absolute Gasteiger partial charge is 0.484 e. The number of rotatable bonds is 3. The average Bonchev–Trinajstić information content (AvgIpc) is 2.72. The maximum atomic E-state index is 12.0. The second-order valence-electron chi connectivity index (χ2n) is 3.46. The van der Waals surface area contributed by atoms with Gasteiger partial charge in [-0.2, -0.15) is 13.2 Å². The van der Waals surface area contributed by atoms with Crippen LogP contribution in [0.1, 0.15) is 0 Å². The number of alkyl halides is 3. The van der Waals surface area contributed by atoms with Crippen LogP contribution in [0.2, 0.25) is 5.02 Å². The first-order chi connectivity index (χ1) is 8.85. The molecule has 0 amide bonds. The molecule has 9 heteroatoms. The molecule has 0 bridgehead atoms. The highest BCUT2D eigenvalue weighted by atomic mass is 35.5. The zero-order valence-corrected chi connectivity index (χ0v) is 10.7. The summed E-state index contributed by atoms with van der Waals surface area (Å²) in [6, 6.07) is 4.01. The highest BCUT2D eigenvalue weighted by Gasteiger charge is 2.28. The lowest BCUT2D eigenvalue weighted by atomic mass is 10.2. The number of halogens is 4. The second kappa shape index (κ2) is 5.22. The first kappa shape index (κ1) is 13.9. The maximum Gasteiger partial charge on any atom is 0.422 e. The molecule has 0 atom stereocenters. The van der Waals surface area contributed by atoms with Crippen molar-refractivity contribution in [2.24, 2.45) is 0 Å². The molecule has 1 aromatic heterocycles. The normalized spacial score (nSPS) is 11.6. The van der Waals surface area contributed by atoms with Crippen molar-refractivity contribution in [3.8, 4) is 17.2 Å². The summed E-state index contributed by atoms with van der Waals surface area (Å²) in [6.45, 7) is -1.38. The van der Waals surface area contributed by atoms with Crippen LogP contribution < -0.4 is 4.74 Å². The van der Waals surface area contributed by atoms with Gasteiger partial charge in [-0.05, 0) is 30.4 Å². The summed E-state index contributed by atoms with van der Waals surface area (Å²) in [7, 11) is 0. The molecule has 1 N–H and O–H groups in total. The molecule has 0 saturated heterocycles. The minimum Gasteiger partial charge on any atom is -0.484 e. The van der Waals surface area contributed by atoms with E-state index in [1.807, 2.05) is 0 Å². The third kappa shape index (κ3) is 3.71. The van der Waals surface area contributed by atoms with Gasteiger partial charge in [-0.25, -0.2) is 5.10 Å². The van der Waals surface area contributed by atoms with Gasteiger partial charge in [0, 0.05) is 0 Å². The van der Waals surface area contributed by atoms with E-state index < -0.39 is 12.8 Å². The van der Waals surface area contributed by atoms with Crippen LogP contribution in [0.5, 0.6) is 5.75 Å². The number of aromatic amines is 1. The van der Waals surface area contributed by atoms with Crippen molar-refractivity contribution >= 4 is 23.8 Å². The van der Waals surface area contributed by atoms with Gasteiger partial charge >= 0.3 is 6.18 Å². The van der Waals surface area contributed by atoms with Gasteiger partial charge in [0.1, 0.15) is 5.75 Å². The first-order valence-electron chi connectivity index (χ1n) is 4.90. The number of aromatic nitrogens is 2. The molecule has 1 heterocycles. The predicted octanol–water partition coefficient (Wildman–Crippen LogP) is 3.99. The molecule has 19 heavy (non-hydrogen) atoms. The Morgan fingerprint density at radius 1 is 1.42 bits per heavy atom. The van der Waals surface area contributed by atoms with E-state index in [9.17, 15) is 13.2 Å². The standard InChI is InChI=1S/C10H6ClF3N2O2S/c11-7-3-5(17-4-10(12,13)14)1-2-6(7)8-15-16-9(19)18-8/h1-3H,4H2,(H,16,19). The molecule has 0 unspecified atom stereocenters. The number of hydrogen-bond donors (Lipinski definition) is 1. The van der Waals surface area contributed by atoms with Crippen LogP contribution in [0.15, 0.2) is 22.6 Å². The third-order valence-electron chi connectivity index (χ3n) is 2.01. The number of nitrogens with zero attached hydrogens (tertiary/aromatic N) is 1. The van der Waals surface area contributed by atoms with Crippen molar-refractivity contribution in [1.29, 1.82) is 0 Å². The minimum absolute atomic E-state index is 0.000192. The van der Waals surface area contributed by atoms with Gasteiger partial charge in [0.25, 0.3) is 4.84 Å². The molecule has 0 fully saturated rings. The van der Waals surface area contributed by atoms with E-state index in [0.29, 0.717) is 5.56 Å². The Morgan fingerprint density at radius 3 is 2.68 bits per heavy atom. The summed E-state index contributed by atoms with van der Waals surface area (Å²) in [5, 5.41) is 6.32. The van der Waals surface area contributed by atoms with Gasteiger partial charge < -0.3 is 9.15 Å². The number of ether oxygens (including phenoxy) is 1. The molecule has 4 nitrogen and oxygen atoms in total. The molecular weight excluding hydrogens is 305 g/mol. The Labute approximate surface area is 115 Å². The zero-order chi connectivity index (χ0) is 14.0. The zero-order valence-electron chi connectivity index (χ0n) is 9.12. The van der Waals surface area contributed by atoms with Crippen LogP contribution in [-0.4, -0.2) is 23.0 Å². The summed E-state index contributed by atoms with van der Waals surface area (Å²) in [5.41, 5.74) is 0.397. The average molecular weight is 311 g/mol. The van der Waals surface area contributed by atoms with Crippen LogP contribution in [-0.2, 0) is 0 Å². The molecular formula is C10H6ClF3N2O2S. The summed E-state index contributed by atoms with van der Waals surface area (Å²) < 4.78 is 45.6. The van der Waals surface area contributed by atoms with E-state index in [2.05, 4.69) is 14.9 Å². The molecule has 0 saturated carbocycles.